The summed E-state index contributed by atoms with van der Waals surface area (Å²) >= 11 is 0. The fourth-order valence-corrected chi connectivity index (χ4v) is 2.14. The van der Waals surface area contributed by atoms with Gasteiger partial charge in [-0.15, -0.1) is 0 Å². The first kappa shape index (κ1) is 11.0. The quantitative estimate of drug-likeness (QED) is 0.651. The Bertz CT molecular complexity index is 360. The van der Waals surface area contributed by atoms with Crippen LogP contribution in [0.3, 0.4) is 0 Å². The van der Waals surface area contributed by atoms with Gasteiger partial charge in [-0.05, 0) is 24.0 Å². The van der Waals surface area contributed by atoms with Gasteiger partial charge in [0.25, 0.3) is 0 Å². The second-order valence-electron chi connectivity index (χ2n) is 4.43. The number of amides is 2. The van der Waals surface area contributed by atoms with E-state index in [0.717, 1.165) is 25.9 Å². The zero-order valence-corrected chi connectivity index (χ0v) is 9.94. The molecule has 1 aliphatic heterocycles. The highest BCUT2D eigenvalue weighted by atomic mass is 16.2. The number of nitrogens with zero attached hydrogens (tertiary/aromatic N) is 2. The summed E-state index contributed by atoms with van der Waals surface area (Å²) < 4.78 is 0. The molecule has 16 heavy (non-hydrogen) atoms. The lowest BCUT2D eigenvalue weighted by Crippen LogP contribution is -2.40. The number of urea groups is 1. The molecule has 86 valence electrons. The van der Waals surface area contributed by atoms with E-state index < -0.39 is 0 Å². The van der Waals surface area contributed by atoms with E-state index in [1.807, 2.05) is 4.90 Å². The van der Waals surface area contributed by atoms with Crippen molar-refractivity contribution in [2.45, 2.75) is 12.8 Å². The molecule has 0 unspecified atom stereocenters. The maximum Gasteiger partial charge on any atom is 0.319 e. The van der Waals surface area contributed by atoms with Crippen LogP contribution in [0.2, 0.25) is 0 Å². The van der Waals surface area contributed by atoms with Crippen LogP contribution in [0, 0.1) is 0 Å². The van der Waals surface area contributed by atoms with Gasteiger partial charge in [0, 0.05) is 27.2 Å². The highest BCUT2D eigenvalue weighted by Crippen LogP contribution is 2.15. The summed E-state index contributed by atoms with van der Waals surface area (Å²) in [6, 6.07) is 8.59. The van der Waals surface area contributed by atoms with Crippen molar-refractivity contribution in [1.29, 1.82) is 0 Å². The van der Waals surface area contributed by atoms with Gasteiger partial charge in [-0.1, -0.05) is 24.3 Å². The van der Waals surface area contributed by atoms with Crippen LogP contribution in [0.5, 0.6) is 0 Å². The molecule has 1 heterocycles. The predicted molar refractivity (Wildman–Crippen MR) is 64.5 cm³/mol. The Morgan fingerprint density at radius 3 is 2.06 bits per heavy atom. The van der Waals surface area contributed by atoms with Crippen molar-refractivity contribution in [3.63, 3.8) is 0 Å². The molecule has 0 fully saturated rings. The second-order valence-corrected chi connectivity index (χ2v) is 4.43. The van der Waals surface area contributed by atoms with E-state index in [4.69, 9.17) is 0 Å². The molecule has 1 aromatic rings. The van der Waals surface area contributed by atoms with E-state index >= 15 is 0 Å². The van der Waals surface area contributed by atoms with E-state index in [2.05, 4.69) is 24.3 Å². The fourth-order valence-electron chi connectivity index (χ4n) is 2.14. The van der Waals surface area contributed by atoms with Gasteiger partial charge in [-0.2, -0.15) is 0 Å². The van der Waals surface area contributed by atoms with Crippen LogP contribution in [-0.4, -0.2) is 43.0 Å². The Morgan fingerprint density at radius 2 is 1.62 bits per heavy atom. The van der Waals surface area contributed by atoms with Crippen molar-refractivity contribution < 1.29 is 4.79 Å². The van der Waals surface area contributed by atoms with Gasteiger partial charge in [0.1, 0.15) is 0 Å². The second kappa shape index (κ2) is 4.56. The maximum absolute atomic E-state index is 11.9. The summed E-state index contributed by atoms with van der Waals surface area (Å²) in [5.74, 6) is 0. The Balaban J connectivity index is 2.10. The van der Waals surface area contributed by atoms with Crippen LogP contribution in [0.4, 0.5) is 4.79 Å². The van der Waals surface area contributed by atoms with Gasteiger partial charge in [-0.25, -0.2) is 4.79 Å². The number of hydrogen-bond acceptors (Lipinski definition) is 1. The molecule has 0 N–H and O–H groups in total. The number of hydrogen-bond donors (Lipinski definition) is 0. The Hall–Kier alpha value is -1.51. The summed E-state index contributed by atoms with van der Waals surface area (Å²) in [7, 11) is 3.61. The summed E-state index contributed by atoms with van der Waals surface area (Å²) in [4.78, 5) is 15.4. The topological polar surface area (TPSA) is 23.6 Å². The molecule has 0 aliphatic carbocycles. The summed E-state index contributed by atoms with van der Waals surface area (Å²) in [5, 5.41) is 0. The van der Waals surface area contributed by atoms with Crippen molar-refractivity contribution in [2.24, 2.45) is 0 Å². The third-order valence-corrected chi connectivity index (χ3v) is 3.07. The molecule has 0 saturated heterocycles. The van der Waals surface area contributed by atoms with Crippen molar-refractivity contribution in [2.75, 3.05) is 27.2 Å². The number of benzene rings is 1. The van der Waals surface area contributed by atoms with Crippen LogP contribution < -0.4 is 0 Å². The van der Waals surface area contributed by atoms with E-state index in [9.17, 15) is 4.79 Å². The minimum Gasteiger partial charge on any atom is -0.331 e. The molecular weight excluding hydrogens is 200 g/mol. The summed E-state index contributed by atoms with van der Waals surface area (Å²) in [5.41, 5.74) is 2.77. The van der Waals surface area contributed by atoms with Crippen LogP contribution in [-0.2, 0) is 12.8 Å². The van der Waals surface area contributed by atoms with E-state index in [1.54, 1.807) is 19.0 Å². The number of fused-ring (bicyclic) bond motifs is 1. The largest absolute Gasteiger partial charge is 0.331 e. The van der Waals surface area contributed by atoms with Crippen LogP contribution in [0.1, 0.15) is 11.1 Å². The molecule has 0 aromatic heterocycles. The molecule has 2 rings (SSSR count). The zero-order chi connectivity index (χ0) is 11.5. The molecule has 1 aromatic carbocycles. The lowest BCUT2D eigenvalue weighted by molar-refractivity contribution is 0.173. The summed E-state index contributed by atoms with van der Waals surface area (Å²) in [6.07, 6.45) is 1.94. The first-order chi connectivity index (χ1) is 7.68. The average Bonchev–Trinajstić information content (AvgIpc) is 2.50. The monoisotopic (exact) mass is 218 g/mol. The highest BCUT2D eigenvalue weighted by molar-refractivity contribution is 5.74. The lowest BCUT2D eigenvalue weighted by atomic mass is 10.0. The lowest BCUT2D eigenvalue weighted by Gasteiger charge is -2.24. The molecule has 0 saturated carbocycles. The van der Waals surface area contributed by atoms with Gasteiger partial charge in [0.2, 0.25) is 0 Å². The standard InChI is InChI=1S/C13H18N2O/c1-14(2)13(16)15-9-7-11-5-3-4-6-12(11)8-10-15/h3-6H,7-10H2,1-2H3. The molecule has 1 aliphatic rings. The van der Waals surface area contributed by atoms with E-state index in [0.29, 0.717) is 0 Å². The van der Waals surface area contributed by atoms with Crippen LogP contribution in [0.15, 0.2) is 24.3 Å². The molecule has 2 amide bonds. The Morgan fingerprint density at radius 1 is 1.12 bits per heavy atom. The first-order valence-electron chi connectivity index (χ1n) is 5.71. The molecule has 0 radical (unpaired) electrons. The molecule has 0 spiro atoms. The van der Waals surface area contributed by atoms with Gasteiger partial charge in [-0.3, -0.25) is 0 Å². The van der Waals surface area contributed by atoms with E-state index in [-0.39, 0.29) is 6.03 Å². The maximum atomic E-state index is 11.9. The summed E-state index contributed by atoms with van der Waals surface area (Å²) in [6.45, 7) is 1.65. The third kappa shape index (κ3) is 2.18. The Labute approximate surface area is 96.7 Å². The number of rotatable bonds is 0. The molecular formula is C13H18N2O. The van der Waals surface area contributed by atoms with Crippen molar-refractivity contribution in [1.82, 2.24) is 9.80 Å². The average molecular weight is 218 g/mol. The zero-order valence-electron chi connectivity index (χ0n) is 9.94. The van der Waals surface area contributed by atoms with Gasteiger partial charge >= 0.3 is 6.03 Å². The van der Waals surface area contributed by atoms with Crippen molar-refractivity contribution in [3.05, 3.63) is 35.4 Å². The predicted octanol–water partition coefficient (Wildman–Crippen LogP) is 1.77. The van der Waals surface area contributed by atoms with Crippen molar-refractivity contribution >= 4 is 6.03 Å². The van der Waals surface area contributed by atoms with Crippen molar-refractivity contribution in [3.8, 4) is 0 Å². The Kier molecular flexibility index (Phi) is 3.13. The first-order valence-corrected chi connectivity index (χ1v) is 5.71. The third-order valence-electron chi connectivity index (χ3n) is 3.07. The SMILES string of the molecule is CN(C)C(=O)N1CCc2ccccc2CC1. The molecule has 3 heteroatoms. The smallest absolute Gasteiger partial charge is 0.319 e. The molecule has 0 atom stereocenters. The van der Waals surface area contributed by atoms with E-state index in [1.165, 1.54) is 11.1 Å². The molecule has 3 nitrogen and oxygen atoms in total. The molecule has 0 bridgehead atoms. The van der Waals surface area contributed by atoms with Crippen LogP contribution >= 0.6 is 0 Å². The van der Waals surface area contributed by atoms with Gasteiger partial charge in [0.05, 0.1) is 0 Å². The van der Waals surface area contributed by atoms with Crippen LogP contribution in [0.25, 0.3) is 0 Å². The normalized spacial score (nSPS) is 15.2. The number of carbonyl (C=O) groups is 1. The fraction of sp³-hybridized carbons (Fsp3) is 0.462. The highest BCUT2D eigenvalue weighted by Gasteiger charge is 2.18. The minimum absolute atomic E-state index is 0.118. The van der Waals surface area contributed by atoms with Gasteiger partial charge < -0.3 is 9.80 Å². The minimum atomic E-state index is 0.118. The van der Waals surface area contributed by atoms with Gasteiger partial charge in [0.15, 0.2) is 0 Å². The number of carbonyl (C=O) groups excluding carboxylic acids is 1.